The summed E-state index contributed by atoms with van der Waals surface area (Å²) in [7, 11) is 0. The third-order valence-corrected chi connectivity index (χ3v) is 10.3. The molecule has 1 saturated carbocycles. The van der Waals surface area contributed by atoms with Crippen molar-refractivity contribution in [1.82, 2.24) is 0 Å². The minimum absolute atomic E-state index is 0.0426. The van der Waals surface area contributed by atoms with Gasteiger partial charge in [0.15, 0.2) is 23.3 Å². The molecule has 1 heterocycles. The summed E-state index contributed by atoms with van der Waals surface area (Å²) < 4.78 is 19.2. The Morgan fingerprint density at radius 2 is 1.81 bits per heavy atom. The molecule has 1 saturated heterocycles. The van der Waals surface area contributed by atoms with E-state index in [2.05, 4.69) is 36.7 Å². The van der Waals surface area contributed by atoms with Crippen LogP contribution in [-0.4, -0.2) is 47.1 Å². The van der Waals surface area contributed by atoms with Crippen LogP contribution >= 0.6 is 15.9 Å². The predicted molar refractivity (Wildman–Crippen MR) is 143 cm³/mol. The maximum Gasteiger partial charge on any atom is 0.339 e. The number of ketones is 1. The number of halogens is 1. The van der Waals surface area contributed by atoms with Crippen LogP contribution in [0.25, 0.3) is 0 Å². The predicted octanol–water partition coefficient (Wildman–Crippen LogP) is 5.63. The molecular formula is C30H37BrO6. The van der Waals surface area contributed by atoms with E-state index in [9.17, 15) is 14.7 Å². The highest BCUT2D eigenvalue weighted by atomic mass is 79.9. The molecule has 2 bridgehead atoms. The Kier molecular flexibility index (Phi) is 6.23. The number of fused-ring (bicyclic) bond motifs is 3. The number of allylic oxidation sites excluding steroid dienone is 1. The van der Waals surface area contributed by atoms with Gasteiger partial charge in [-0.3, -0.25) is 4.79 Å². The van der Waals surface area contributed by atoms with Gasteiger partial charge in [-0.25, -0.2) is 4.79 Å². The van der Waals surface area contributed by atoms with Crippen molar-refractivity contribution in [2.24, 2.45) is 28.6 Å². The van der Waals surface area contributed by atoms with Crippen molar-refractivity contribution in [3.63, 3.8) is 0 Å². The summed E-state index contributed by atoms with van der Waals surface area (Å²) in [5.74, 6) is -2.06. The smallest absolute Gasteiger partial charge is 0.339 e. The van der Waals surface area contributed by atoms with Crippen molar-refractivity contribution in [3.8, 4) is 0 Å². The number of hydrogen-bond acceptors (Lipinski definition) is 6. The van der Waals surface area contributed by atoms with Crippen LogP contribution in [0.15, 0.2) is 52.0 Å². The molecule has 2 fully saturated rings. The first kappa shape index (κ1) is 26.8. The molecule has 6 nitrogen and oxygen atoms in total. The number of benzene rings is 1. The lowest BCUT2D eigenvalue weighted by atomic mass is 9.59. The van der Waals surface area contributed by atoms with Crippen molar-refractivity contribution in [1.29, 1.82) is 0 Å². The normalized spacial score (nSPS) is 39.9. The molecule has 5 rings (SSSR count). The molecule has 3 aliphatic carbocycles. The van der Waals surface area contributed by atoms with Crippen LogP contribution in [0.5, 0.6) is 0 Å². The van der Waals surface area contributed by atoms with E-state index in [-0.39, 0.29) is 29.6 Å². The molecule has 1 N–H and O–H groups in total. The zero-order chi connectivity index (χ0) is 27.1. The van der Waals surface area contributed by atoms with Crippen LogP contribution in [0.3, 0.4) is 0 Å². The lowest BCUT2D eigenvalue weighted by Crippen LogP contribution is -2.68. The molecule has 0 radical (unpaired) electrons. The lowest BCUT2D eigenvalue weighted by molar-refractivity contribution is -0.302. The van der Waals surface area contributed by atoms with Crippen molar-refractivity contribution < 1.29 is 28.9 Å². The van der Waals surface area contributed by atoms with Gasteiger partial charge < -0.3 is 19.3 Å². The third-order valence-electron chi connectivity index (χ3n) is 9.60. The van der Waals surface area contributed by atoms with Crippen molar-refractivity contribution in [3.05, 3.63) is 57.6 Å². The molecule has 0 aromatic heterocycles. The average Bonchev–Trinajstić information content (AvgIpc) is 2.98. The average molecular weight is 574 g/mol. The van der Waals surface area contributed by atoms with E-state index < -0.39 is 40.9 Å². The molecule has 7 heteroatoms. The summed E-state index contributed by atoms with van der Waals surface area (Å²) in [6.07, 6.45) is 2.65. The monoisotopic (exact) mass is 572 g/mol. The fourth-order valence-corrected chi connectivity index (χ4v) is 7.60. The number of aliphatic hydroxyl groups is 1. The van der Waals surface area contributed by atoms with E-state index in [1.807, 2.05) is 32.1 Å². The Morgan fingerprint density at radius 1 is 1.14 bits per heavy atom. The second-order valence-electron chi connectivity index (χ2n) is 12.5. The van der Waals surface area contributed by atoms with Crippen LogP contribution < -0.4 is 0 Å². The van der Waals surface area contributed by atoms with Gasteiger partial charge in [-0.15, -0.1) is 0 Å². The third kappa shape index (κ3) is 3.68. The van der Waals surface area contributed by atoms with Gasteiger partial charge in [-0.2, -0.15) is 0 Å². The standard InChI is InChI=1S/C30H37BrO6/c1-16-14-29-18(3)12-17(2)27(4,5)21(23(29)32)13-19-15-35-28(6,7)37-25(19)30(29,34)24(16)36-26(33)20-10-8-9-11-22(20)31/h8-11,13-14,17-18,21,24-25,34H,12,15H2,1-7H3/t17-,18?,21+,24-,25+,29?,30+/m0/s1. The van der Waals surface area contributed by atoms with Gasteiger partial charge in [-0.1, -0.05) is 52.0 Å². The van der Waals surface area contributed by atoms with Gasteiger partial charge in [0.2, 0.25) is 0 Å². The quantitative estimate of drug-likeness (QED) is 0.365. The zero-order valence-electron chi connectivity index (χ0n) is 22.6. The van der Waals surface area contributed by atoms with E-state index in [0.717, 1.165) is 12.0 Å². The summed E-state index contributed by atoms with van der Waals surface area (Å²) in [6.45, 7) is 14.1. The van der Waals surface area contributed by atoms with E-state index in [0.29, 0.717) is 15.6 Å². The van der Waals surface area contributed by atoms with E-state index >= 15 is 0 Å². The summed E-state index contributed by atoms with van der Waals surface area (Å²) in [5.41, 5.74) is -1.75. The minimum atomic E-state index is -1.84. The topological polar surface area (TPSA) is 82.1 Å². The second kappa shape index (κ2) is 8.60. The van der Waals surface area contributed by atoms with Crippen LogP contribution in [0.1, 0.15) is 65.2 Å². The molecule has 0 amide bonds. The maximum absolute atomic E-state index is 14.7. The number of carbonyl (C=O) groups excluding carboxylic acids is 2. The molecule has 1 aromatic carbocycles. The van der Waals surface area contributed by atoms with Gasteiger partial charge in [0.05, 0.1) is 17.6 Å². The number of Topliss-reactive ketones (excluding diaryl/α,β-unsaturated/α-hetero) is 1. The highest BCUT2D eigenvalue weighted by molar-refractivity contribution is 9.10. The molecule has 1 aliphatic heterocycles. The van der Waals surface area contributed by atoms with Crippen LogP contribution in [0.4, 0.5) is 0 Å². The number of hydrogen-bond donors (Lipinski definition) is 1. The number of ether oxygens (including phenoxy) is 3. The van der Waals surface area contributed by atoms with Gasteiger partial charge >= 0.3 is 5.97 Å². The van der Waals surface area contributed by atoms with Gasteiger partial charge in [-0.05, 0) is 83.7 Å². The zero-order valence-corrected chi connectivity index (χ0v) is 24.2. The number of carbonyl (C=O) groups is 2. The van der Waals surface area contributed by atoms with Crippen molar-refractivity contribution in [2.45, 2.75) is 78.5 Å². The molecule has 2 unspecified atom stereocenters. The second-order valence-corrected chi connectivity index (χ2v) is 13.3. The first-order valence-electron chi connectivity index (χ1n) is 13.1. The lowest BCUT2D eigenvalue weighted by Gasteiger charge is -2.52. The molecule has 200 valence electrons. The van der Waals surface area contributed by atoms with Crippen molar-refractivity contribution in [2.75, 3.05) is 6.61 Å². The Morgan fingerprint density at radius 3 is 2.49 bits per heavy atom. The minimum Gasteiger partial charge on any atom is -0.451 e. The van der Waals surface area contributed by atoms with E-state index in [4.69, 9.17) is 14.2 Å². The highest BCUT2D eigenvalue weighted by Crippen LogP contribution is 2.63. The van der Waals surface area contributed by atoms with Gasteiger partial charge in [0.25, 0.3) is 0 Å². The molecule has 1 spiro atoms. The molecule has 37 heavy (non-hydrogen) atoms. The fourth-order valence-electron chi connectivity index (χ4n) is 7.16. The Balaban J connectivity index is 1.72. The first-order chi connectivity index (χ1) is 17.2. The van der Waals surface area contributed by atoms with E-state index in [1.165, 1.54) is 0 Å². The molecule has 4 aliphatic rings. The van der Waals surface area contributed by atoms with E-state index in [1.54, 1.807) is 32.0 Å². The van der Waals surface area contributed by atoms with Crippen LogP contribution in [-0.2, 0) is 19.0 Å². The Labute approximate surface area is 227 Å². The summed E-state index contributed by atoms with van der Waals surface area (Å²) in [6, 6.07) is 7.02. The SMILES string of the molecule is CC1=CC23C(=O)[C@@H](C=C4COC(C)(C)O[C@H]4[C@]2(O)[C@H]1OC(=O)c1ccccc1Br)C(C)(C)[C@@H](C)CC3C. The summed E-state index contributed by atoms with van der Waals surface area (Å²) in [4.78, 5) is 28.2. The summed E-state index contributed by atoms with van der Waals surface area (Å²) in [5, 5.41) is 13.1. The van der Waals surface area contributed by atoms with Gasteiger partial charge in [0, 0.05) is 10.4 Å². The molecule has 7 atom stereocenters. The Hall–Kier alpha value is -1.80. The fraction of sp³-hybridized carbons (Fsp3) is 0.600. The molecule has 1 aromatic rings. The number of rotatable bonds is 2. The van der Waals surface area contributed by atoms with Crippen LogP contribution in [0, 0.1) is 28.6 Å². The first-order valence-corrected chi connectivity index (χ1v) is 13.9. The highest BCUT2D eigenvalue weighted by Gasteiger charge is 2.74. The summed E-state index contributed by atoms with van der Waals surface area (Å²) >= 11 is 3.43. The van der Waals surface area contributed by atoms with Crippen molar-refractivity contribution >= 4 is 27.7 Å². The maximum atomic E-state index is 14.7. The number of esters is 1. The largest absolute Gasteiger partial charge is 0.451 e. The Bertz CT molecular complexity index is 1210. The molecular weight excluding hydrogens is 536 g/mol. The van der Waals surface area contributed by atoms with Crippen LogP contribution in [0.2, 0.25) is 0 Å². The van der Waals surface area contributed by atoms with Gasteiger partial charge in [0.1, 0.15) is 6.10 Å².